The van der Waals surface area contributed by atoms with E-state index in [1.807, 2.05) is 31.2 Å². The van der Waals surface area contributed by atoms with Gasteiger partial charge in [-0.1, -0.05) is 24.3 Å². The van der Waals surface area contributed by atoms with Crippen LogP contribution in [-0.4, -0.2) is 26.9 Å². The molecule has 1 atom stereocenters. The van der Waals surface area contributed by atoms with E-state index in [1.165, 1.54) is 18.2 Å². The maximum atomic E-state index is 12.9. The van der Waals surface area contributed by atoms with Gasteiger partial charge in [-0.25, -0.2) is 13.1 Å². The van der Waals surface area contributed by atoms with Crippen molar-refractivity contribution in [3.05, 3.63) is 72.3 Å². The van der Waals surface area contributed by atoms with Crippen LogP contribution in [0.15, 0.2) is 66.1 Å². The molecule has 0 aromatic heterocycles. The van der Waals surface area contributed by atoms with E-state index < -0.39 is 10.0 Å². The number of hydrogen-bond donors (Lipinski definition) is 1. The molecule has 6 heteroatoms. The van der Waals surface area contributed by atoms with Gasteiger partial charge in [-0.15, -0.1) is 6.58 Å². The van der Waals surface area contributed by atoms with Gasteiger partial charge in [0.2, 0.25) is 10.0 Å². The van der Waals surface area contributed by atoms with E-state index in [2.05, 4.69) is 11.3 Å². The Morgan fingerprint density at radius 1 is 1.24 bits per heavy atom. The SMILES string of the molecule is C=CCNS(=O)(=O)c1ccc(C(=O)N2c3ccccc3C[C@H]2C)cc1. The summed E-state index contributed by atoms with van der Waals surface area (Å²) in [6.45, 7) is 5.65. The molecule has 1 N–H and O–H groups in total. The summed E-state index contributed by atoms with van der Waals surface area (Å²) in [5.41, 5.74) is 2.53. The van der Waals surface area contributed by atoms with E-state index in [0.717, 1.165) is 17.7 Å². The molecule has 1 aliphatic rings. The van der Waals surface area contributed by atoms with Crippen LogP contribution < -0.4 is 9.62 Å². The lowest BCUT2D eigenvalue weighted by atomic mass is 10.1. The van der Waals surface area contributed by atoms with Crippen LogP contribution in [0.5, 0.6) is 0 Å². The third-order valence-corrected chi connectivity index (χ3v) is 5.69. The molecule has 5 nitrogen and oxygen atoms in total. The molecule has 2 aromatic rings. The Balaban J connectivity index is 1.86. The first-order valence-corrected chi connectivity index (χ1v) is 9.54. The predicted octanol–water partition coefficient (Wildman–Crippen LogP) is 2.74. The van der Waals surface area contributed by atoms with Crippen molar-refractivity contribution in [2.45, 2.75) is 24.3 Å². The Morgan fingerprint density at radius 2 is 1.92 bits per heavy atom. The van der Waals surface area contributed by atoms with E-state index in [1.54, 1.807) is 17.0 Å². The maximum absolute atomic E-state index is 12.9. The molecule has 1 amide bonds. The molecule has 0 radical (unpaired) electrons. The molecule has 1 heterocycles. The molecule has 0 aliphatic carbocycles. The van der Waals surface area contributed by atoms with Crippen LogP contribution in [0.3, 0.4) is 0 Å². The van der Waals surface area contributed by atoms with Crippen LogP contribution in [0.4, 0.5) is 5.69 Å². The third kappa shape index (κ3) is 3.36. The number of sulfonamides is 1. The van der Waals surface area contributed by atoms with Gasteiger partial charge < -0.3 is 4.90 Å². The monoisotopic (exact) mass is 356 g/mol. The number of nitrogens with one attached hydrogen (secondary N) is 1. The second kappa shape index (κ2) is 6.82. The Bertz CT molecular complexity index is 905. The highest BCUT2D eigenvalue weighted by molar-refractivity contribution is 7.89. The lowest BCUT2D eigenvalue weighted by molar-refractivity contribution is 0.0981. The van der Waals surface area contributed by atoms with E-state index in [9.17, 15) is 13.2 Å². The van der Waals surface area contributed by atoms with Crippen LogP contribution in [0.2, 0.25) is 0 Å². The molecular formula is C19H20N2O3S. The third-order valence-electron chi connectivity index (χ3n) is 4.26. The molecule has 1 aliphatic heterocycles. The normalized spacial score (nSPS) is 16.5. The molecular weight excluding hydrogens is 336 g/mol. The number of para-hydroxylation sites is 1. The van der Waals surface area contributed by atoms with E-state index in [4.69, 9.17) is 0 Å². The van der Waals surface area contributed by atoms with Crippen LogP contribution in [0.25, 0.3) is 0 Å². The zero-order valence-corrected chi connectivity index (χ0v) is 14.8. The van der Waals surface area contributed by atoms with Gasteiger partial charge in [0.15, 0.2) is 0 Å². The predicted molar refractivity (Wildman–Crippen MR) is 98.2 cm³/mol. The summed E-state index contributed by atoms with van der Waals surface area (Å²) in [5.74, 6) is -0.125. The smallest absolute Gasteiger partial charge is 0.258 e. The molecule has 0 saturated heterocycles. The number of benzene rings is 2. The zero-order valence-electron chi connectivity index (χ0n) is 14.0. The first-order chi connectivity index (χ1) is 11.9. The summed E-state index contributed by atoms with van der Waals surface area (Å²) in [4.78, 5) is 14.8. The average Bonchev–Trinajstić information content (AvgIpc) is 2.95. The molecule has 0 saturated carbocycles. The summed E-state index contributed by atoms with van der Waals surface area (Å²) in [6, 6.07) is 13.9. The van der Waals surface area contributed by atoms with Crippen LogP contribution in [-0.2, 0) is 16.4 Å². The van der Waals surface area contributed by atoms with Gasteiger partial charge in [0, 0.05) is 23.8 Å². The molecule has 0 fully saturated rings. The highest BCUT2D eigenvalue weighted by Crippen LogP contribution is 2.33. The minimum Gasteiger partial charge on any atom is -0.305 e. The fraction of sp³-hybridized carbons (Fsp3) is 0.211. The van der Waals surface area contributed by atoms with Crippen LogP contribution in [0, 0.1) is 0 Å². The summed E-state index contributed by atoms with van der Waals surface area (Å²) in [5, 5.41) is 0. The quantitative estimate of drug-likeness (QED) is 0.838. The van der Waals surface area contributed by atoms with E-state index >= 15 is 0 Å². The number of fused-ring (bicyclic) bond motifs is 1. The molecule has 130 valence electrons. The lowest BCUT2D eigenvalue weighted by Gasteiger charge is -2.23. The first-order valence-electron chi connectivity index (χ1n) is 8.06. The standard InChI is InChI=1S/C19H20N2O3S/c1-3-12-20-25(23,24)17-10-8-15(9-11-17)19(22)21-14(2)13-16-6-4-5-7-18(16)21/h3-11,14,20H,1,12-13H2,2H3/t14-/m1/s1. The first kappa shape index (κ1) is 17.4. The second-order valence-corrected chi connectivity index (χ2v) is 7.79. The maximum Gasteiger partial charge on any atom is 0.258 e. The number of carbonyl (C=O) groups excluding carboxylic acids is 1. The summed E-state index contributed by atoms with van der Waals surface area (Å²) in [6.07, 6.45) is 2.29. The van der Waals surface area contributed by atoms with Gasteiger partial charge in [0.1, 0.15) is 0 Å². The van der Waals surface area contributed by atoms with Crippen molar-refractivity contribution >= 4 is 21.6 Å². The van der Waals surface area contributed by atoms with Crippen molar-refractivity contribution < 1.29 is 13.2 Å². The van der Waals surface area contributed by atoms with Gasteiger partial charge in [0.05, 0.1) is 4.90 Å². The minimum absolute atomic E-state index is 0.0718. The second-order valence-electron chi connectivity index (χ2n) is 6.02. The largest absolute Gasteiger partial charge is 0.305 e. The number of amides is 1. The van der Waals surface area contributed by atoms with Gasteiger partial charge in [-0.2, -0.15) is 0 Å². The Morgan fingerprint density at radius 3 is 2.60 bits per heavy atom. The number of rotatable bonds is 5. The molecule has 25 heavy (non-hydrogen) atoms. The Labute approximate surface area is 148 Å². The number of nitrogens with zero attached hydrogens (tertiary/aromatic N) is 1. The van der Waals surface area contributed by atoms with Crippen LogP contribution >= 0.6 is 0 Å². The number of hydrogen-bond acceptors (Lipinski definition) is 3. The molecule has 2 aromatic carbocycles. The van der Waals surface area contributed by atoms with Gasteiger partial charge >= 0.3 is 0 Å². The fourth-order valence-corrected chi connectivity index (χ4v) is 4.04. The van der Waals surface area contributed by atoms with E-state index in [0.29, 0.717) is 5.56 Å². The summed E-state index contributed by atoms with van der Waals surface area (Å²) < 4.78 is 26.6. The highest BCUT2D eigenvalue weighted by atomic mass is 32.2. The number of carbonyl (C=O) groups is 1. The molecule has 0 bridgehead atoms. The van der Waals surface area contributed by atoms with Crippen molar-refractivity contribution in [1.82, 2.24) is 4.72 Å². The minimum atomic E-state index is -3.59. The summed E-state index contributed by atoms with van der Waals surface area (Å²) >= 11 is 0. The van der Waals surface area contributed by atoms with Gasteiger partial charge in [-0.05, 0) is 49.2 Å². The van der Waals surface area contributed by atoms with Crippen molar-refractivity contribution in [1.29, 1.82) is 0 Å². The molecule has 3 rings (SSSR count). The zero-order chi connectivity index (χ0) is 18.0. The van der Waals surface area contributed by atoms with Crippen molar-refractivity contribution in [3.8, 4) is 0 Å². The van der Waals surface area contributed by atoms with Crippen molar-refractivity contribution in [3.63, 3.8) is 0 Å². The highest BCUT2D eigenvalue weighted by Gasteiger charge is 2.31. The van der Waals surface area contributed by atoms with Crippen LogP contribution in [0.1, 0.15) is 22.8 Å². The molecule has 0 spiro atoms. The summed E-state index contributed by atoms with van der Waals surface area (Å²) in [7, 11) is -3.59. The average molecular weight is 356 g/mol. The topological polar surface area (TPSA) is 66.5 Å². The Kier molecular flexibility index (Phi) is 4.74. The number of anilines is 1. The van der Waals surface area contributed by atoms with Crippen molar-refractivity contribution in [2.24, 2.45) is 0 Å². The van der Waals surface area contributed by atoms with E-state index in [-0.39, 0.29) is 23.4 Å². The van der Waals surface area contributed by atoms with Gasteiger partial charge in [-0.3, -0.25) is 4.79 Å². The lowest BCUT2D eigenvalue weighted by Crippen LogP contribution is -2.35. The van der Waals surface area contributed by atoms with Crippen molar-refractivity contribution in [2.75, 3.05) is 11.4 Å². The molecule has 0 unspecified atom stereocenters. The Hall–Kier alpha value is -2.44. The van der Waals surface area contributed by atoms with Gasteiger partial charge in [0.25, 0.3) is 5.91 Å². The fourth-order valence-electron chi connectivity index (χ4n) is 3.04.